The number of Topliss-reactive ketones (excluding diaryl/α,β-unsaturated/α-hetero) is 1. The summed E-state index contributed by atoms with van der Waals surface area (Å²) in [5, 5.41) is 0. The van der Waals surface area contributed by atoms with Crippen molar-refractivity contribution in [2.45, 2.75) is 53.1 Å². The number of amides is 1. The van der Waals surface area contributed by atoms with Crippen molar-refractivity contribution >= 4 is 11.7 Å². The van der Waals surface area contributed by atoms with Gasteiger partial charge in [0.25, 0.3) is 5.91 Å². The summed E-state index contributed by atoms with van der Waals surface area (Å²) in [4.78, 5) is 27.1. The van der Waals surface area contributed by atoms with Crippen LogP contribution in [-0.2, 0) is 11.2 Å². The van der Waals surface area contributed by atoms with E-state index in [0.29, 0.717) is 55.2 Å². The van der Waals surface area contributed by atoms with Crippen molar-refractivity contribution in [1.29, 1.82) is 0 Å². The molecule has 2 heterocycles. The predicted molar refractivity (Wildman–Crippen MR) is 85.8 cm³/mol. The first kappa shape index (κ1) is 16.2. The molecule has 1 saturated heterocycles. The van der Waals surface area contributed by atoms with Gasteiger partial charge >= 0.3 is 0 Å². The molecule has 1 fully saturated rings. The summed E-state index contributed by atoms with van der Waals surface area (Å²) in [6.07, 6.45) is 1.19. The second kappa shape index (κ2) is 5.20. The predicted octanol–water partition coefficient (Wildman–Crippen LogP) is 2.99. The van der Waals surface area contributed by atoms with Gasteiger partial charge in [0.05, 0.1) is 17.8 Å². The highest BCUT2D eigenvalue weighted by atomic mass is 16.5. The summed E-state index contributed by atoms with van der Waals surface area (Å²) in [6.45, 7) is 11.5. The third-order valence-corrected chi connectivity index (χ3v) is 4.68. The van der Waals surface area contributed by atoms with Crippen molar-refractivity contribution in [2.24, 2.45) is 5.41 Å². The number of hydrogen-bond acceptors (Lipinski definition) is 4. The Labute approximate surface area is 137 Å². The quantitative estimate of drug-likeness (QED) is 0.798. The van der Waals surface area contributed by atoms with Gasteiger partial charge in [-0.1, -0.05) is 13.8 Å². The number of nitrogens with zero attached hydrogens (tertiary/aromatic N) is 1. The summed E-state index contributed by atoms with van der Waals surface area (Å²) >= 11 is 0. The monoisotopic (exact) mass is 319 g/mol. The lowest BCUT2D eigenvalue weighted by Gasteiger charge is -2.37. The number of furan rings is 1. The van der Waals surface area contributed by atoms with Crippen molar-refractivity contribution in [3.63, 3.8) is 0 Å². The van der Waals surface area contributed by atoms with Crippen LogP contribution in [0, 0.1) is 12.3 Å². The van der Waals surface area contributed by atoms with E-state index in [2.05, 4.69) is 13.8 Å². The van der Waals surface area contributed by atoms with Gasteiger partial charge < -0.3 is 14.1 Å². The van der Waals surface area contributed by atoms with Crippen molar-refractivity contribution in [3.8, 4) is 0 Å². The second-order valence-electron chi connectivity index (χ2n) is 8.13. The van der Waals surface area contributed by atoms with E-state index in [0.717, 1.165) is 0 Å². The fourth-order valence-electron chi connectivity index (χ4n) is 3.62. The van der Waals surface area contributed by atoms with E-state index in [-0.39, 0.29) is 22.7 Å². The third kappa shape index (κ3) is 2.94. The maximum Gasteiger partial charge on any atom is 0.290 e. The van der Waals surface area contributed by atoms with Gasteiger partial charge in [-0.3, -0.25) is 9.59 Å². The molecule has 126 valence electrons. The van der Waals surface area contributed by atoms with Crippen LogP contribution in [-0.4, -0.2) is 41.9 Å². The smallest absolute Gasteiger partial charge is 0.290 e. The minimum Gasteiger partial charge on any atom is -0.455 e. The maximum absolute atomic E-state index is 12.9. The van der Waals surface area contributed by atoms with Crippen molar-refractivity contribution in [1.82, 2.24) is 4.90 Å². The molecule has 1 aromatic rings. The lowest BCUT2D eigenvalue weighted by molar-refractivity contribution is -0.0769. The molecular weight excluding hydrogens is 294 g/mol. The van der Waals surface area contributed by atoms with Gasteiger partial charge in [0.15, 0.2) is 11.5 Å². The zero-order valence-corrected chi connectivity index (χ0v) is 14.6. The first-order valence-corrected chi connectivity index (χ1v) is 8.18. The standard InChI is InChI=1S/C18H25NO4/c1-11-14-12(20)8-17(2,3)9-13(14)23-15(11)16(21)19-6-7-22-18(4,5)10-19/h6-10H2,1-5H3. The lowest BCUT2D eigenvalue weighted by atomic mass is 9.76. The van der Waals surface area contributed by atoms with Crippen LogP contribution in [0.1, 0.15) is 66.4 Å². The molecule has 5 heteroatoms. The molecule has 0 N–H and O–H groups in total. The Morgan fingerprint density at radius 1 is 1.17 bits per heavy atom. The minimum atomic E-state index is -0.355. The van der Waals surface area contributed by atoms with Gasteiger partial charge in [-0.15, -0.1) is 0 Å². The topological polar surface area (TPSA) is 59.8 Å². The van der Waals surface area contributed by atoms with Crippen LogP contribution in [0.25, 0.3) is 0 Å². The fourth-order valence-corrected chi connectivity index (χ4v) is 3.62. The number of ketones is 1. The SMILES string of the molecule is Cc1c(C(=O)N2CCOC(C)(C)C2)oc2c1C(=O)CC(C)(C)C2. The van der Waals surface area contributed by atoms with Crippen LogP contribution in [0.5, 0.6) is 0 Å². The molecule has 0 aromatic carbocycles. The second-order valence-corrected chi connectivity index (χ2v) is 8.13. The van der Waals surface area contributed by atoms with Crippen LogP contribution >= 0.6 is 0 Å². The van der Waals surface area contributed by atoms with Crippen LogP contribution in [0.2, 0.25) is 0 Å². The molecule has 2 aliphatic rings. The molecular formula is C18H25NO4. The number of carbonyl (C=O) groups is 2. The average molecular weight is 319 g/mol. The zero-order chi connectivity index (χ0) is 17.0. The van der Waals surface area contributed by atoms with Crippen LogP contribution < -0.4 is 0 Å². The van der Waals surface area contributed by atoms with Crippen molar-refractivity contribution in [3.05, 3.63) is 22.6 Å². The van der Waals surface area contributed by atoms with Gasteiger partial charge in [-0.2, -0.15) is 0 Å². The number of ether oxygens (including phenoxy) is 1. The molecule has 1 aliphatic carbocycles. The van der Waals surface area contributed by atoms with Gasteiger partial charge in [0.2, 0.25) is 0 Å². The average Bonchev–Trinajstić information content (AvgIpc) is 2.72. The molecule has 0 radical (unpaired) electrons. The van der Waals surface area contributed by atoms with Gasteiger partial charge in [0, 0.05) is 31.5 Å². The zero-order valence-electron chi connectivity index (χ0n) is 14.6. The summed E-state index contributed by atoms with van der Waals surface area (Å²) in [7, 11) is 0. The van der Waals surface area contributed by atoms with Gasteiger partial charge in [-0.05, 0) is 26.2 Å². The number of carbonyl (C=O) groups excluding carboxylic acids is 2. The summed E-state index contributed by atoms with van der Waals surface area (Å²) < 4.78 is 11.5. The number of fused-ring (bicyclic) bond motifs is 1. The summed E-state index contributed by atoms with van der Waals surface area (Å²) in [6, 6.07) is 0. The van der Waals surface area contributed by atoms with E-state index in [9.17, 15) is 9.59 Å². The first-order valence-electron chi connectivity index (χ1n) is 8.18. The number of rotatable bonds is 1. The normalized spacial score (nSPS) is 22.8. The van der Waals surface area contributed by atoms with E-state index in [1.165, 1.54) is 0 Å². The van der Waals surface area contributed by atoms with E-state index in [1.807, 2.05) is 20.8 Å². The van der Waals surface area contributed by atoms with E-state index < -0.39 is 0 Å². The van der Waals surface area contributed by atoms with Crippen molar-refractivity contribution in [2.75, 3.05) is 19.7 Å². The van der Waals surface area contributed by atoms with E-state index >= 15 is 0 Å². The largest absolute Gasteiger partial charge is 0.455 e. The van der Waals surface area contributed by atoms with Crippen LogP contribution in [0.15, 0.2) is 4.42 Å². The summed E-state index contributed by atoms with van der Waals surface area (Å²) in [5.74, 6) is 0.927. The Morgan fingerprint density at radius 2 is 1.87 bits per heavy atom. The Balaban J connectivity index is 1.93. The van der Waals surface area contributed by atoms with E-state index in [4.69, 9.17) is 9.15 Å². The van der Waals surface area contributed by atoms with Crippen LogP contribution in [0.4, 0.5) is 0 Å². The summed E-state index contributed by atoms with van der Waals surface area (Å²) in [5.41, 5.74) is 0.844. The van der Waals surface area contributed by atoms with Gasteiger partial charge in [0.1, 0.15) is 5.76 Å². The fraction of sp³-hybridized carbons (Fsp3) is 0.667. The Bertz CT molecular complexity index is 669. The molecule has 1 amide bonds. The molecule has 1 aliphatic heterocycles. The number of morpholine rings is 1. The van der Waals surface area contributed by atoms with Gasteiger partial charge in [-0.25, -0.2) is 0 Å². The molecule has 0 saturated carbocycles. The molecule has 5 nitrogen and oxygen atoms in total. The third-order valence-electron chi connectivity index (χ3n) is 4.68. The minimum absolute atomic E-state index is 0.0823. The molecule has 23 heavy (non-hydrogen) atoms. The highest BCUT2D eigenvalue weighted by molar-refractivity contribution is 6.03. The lowest BCUT2D eigenvalue weighted by Crippen LogP contribution is -2.50. The molecule has 3 rings (SSSR count). The maximum atomic E-state index is 12.9. The molecule has 0 bridgehead atoms. The molecule has 0 spiro atoms. The van der Waals surface area contributed by atoms with Crippen molar-refractivity contribution < 1.29 is 18.7 Å². The molecule has 1 aromatic heterocycles. The van der Waals surface area contributed by atoms with E-state index in [1.54, 1.807) is 4.90 Å². The Kier molecular flexibility index (Phi) is 3.67. The number of hydrogen-bond donors (Lipinski definition) is 0. The molecule has 0 atom stereocenters. The highest BCUT2D eigenvalue weighted by Crippen LogP contribution is 2.38. The Morgan fingerprint density at radius 3 is 2.52 bits per heavy atom. The molecule has 0 unspecified atom stereocenters. The van der Waals surface area contributed by atoms with Crippen LogP contribution in [0.3, 0.4) is 0 Å². The highest BCUT2D eigenvalue weighted by Gasteiger charge is 2.39. The first-order chi connectivity index (χ1) is 10.6. The Hall–Kier alpha value is -1.62.